The van der Waals surface area contributed by atoms with Gasteiger partial charge in [0.15, 0.2) is 5.69 Å². The van der Waals surface area contributed by atoms with Gasteiger partial charge in [-0.1, -0.05) is 48.0 Å². The van der Waals surface area contributed by atoms with Crippen molar-refractivity contribution in [2.45, 2.75) is 13.8 Å². The molecule has 0 radical (unpaired) electrons. The summed E-state index contributed by atoms with van der Waals surface area (Å²) in [4.78, 5) is 16.5. The van der Waals surface area contributed by atoms with Crippen LogP contribution in [-0.2, 0) is 4.74 Å². The van der Waals surface area contributed by atoms with Crippen LogP contribution < -0.4 is 0 Å². The number of ether oxygens (including phenoxy) is 1. The lowest BCUT2D eigenvalue weighted by Gasteiger charge is -2.08. The largest absolute Gasteiger partial charge is 0.461 e. The predicted octanol–water partition coefficient (Wildman–Crippen LogP) is 4.02. The summed E-state index contributed by atoms with van der Waals surface area (Å²) in [6, 6.07) is 17.9. The van der Waals surface area contributed by atoms with Crippen molar-refractivity contribution in [2.75, 3.05) is 6.61 Å². The summed E-state index contributed by atoms with van der Waals surface area (Å²) in [5.41, 5.74) is 3.40. The van der Waals surface area contributed by atoms with Crippen LogP contribution in [0.25, 0.3) is 17.1 Å². The van der Waals surface area contributed by atoms with Crippen molar-refractivity contribution in [3.8, 4) is 17.1 Å². The van der Waals surface area contributed by atoms with Gasteiger partial charge in [-0.25, -0.2) is 9.78 Å². The molecule has 3 aromatic rings. The summed E-state index contributed by atoms with van der Waals surface area (Å²) >= 11 is 0. The molecule has 0 aliphatic carbocycles. The Kier molecular flexibility index (Phi) is 4.24. The minimum atomic E-state index is -0.407. The second kappa shape index (κ2) is 6.48. The highest BCUT2D eigenvalue weighted by molar-refractivity contribution is 5.88. The number of esters is 1. The minimum Gasteiger partial charge on any atom is -0.461 e. The molecule has 0 spiro atoms. The first-order valence-corrected chi connectivity index (χ1v) is 7.58. The Bertz CT molecular complexity index is 805. The average molecular weight is 306 g/mol. The Morgan fingerprint density at radius 1 is 1.09 bits per heavy atom. The van der Waals surface area contributed by atoms with Gasteiger partial charge in [-0.05, 0) is 26.0 Å². The fourth-order valence-electron chi connectivity index (χ4n) is 2.38. The number of imidazole rings is 1. The van der Waals surface area contributed by atoms with Gasteiger partial charge in [0, 0.05) is 17.4 Å². The second-order valence-electron chi connectivity index (χ2n) is 5.24. The molecule has 0 fully saturated rings. The zero-order valence-electron chi connectivity index (χ0n) is 13.2. The molecule has 0 amide bonds. The normalized spacial score (nSPS) is 10.5. The van der Waals surface area contributed by atoms with Crippen molar-refractivity contribution in [3.05, 3.63) is 72.1 Å². The van der Waals surface area contributed by atoms with Gasteiger partial charge in [-0.3, -0.25) is 4.57 Å². The maximum absolute atomic E-state index is 12.0. The molecule has 0 N–H and O–H groups in total. The first-order valence-electron chi connectivity index (χ1n) is 7.58. The molecule has 1 aromatic heterocycles. The first kappa shape index (κ1) is 15.0. The number of rotatable bonds is 4. The monoisotopic (exact) mass is 306 g/mol. The van der Waals surface area contributed by atoms with Crippen LogP contribution in [0.2, 0.25) is 0 Å². The Labute approximate surface area is 135 Å². The van der Waals surface area contributed by atoms with Crippen molar-refractivity contribution in [2.24, 2.45) is 0 Å². The molecule has 0 aliphatic rings. The first-order chi connectivity index (χ1) is 11.2. The molecular weight excluding hydrogens is 288 g/mol. The van der Waals surface area contributed by atoms with E-state index >= 15 is 0 Å². The van der Waals surface area contributed by atoms with Crippen LogP contribution in [0.15, 0.2) is 60.8 Å². The summed E-state index contributed by atoms with van der Waals surface area (Å²) < 4.78 is 6.99. The molecule has 4 nitrogen and oxygen atoms in total. The van der Waals surface area contributed by atoms with Crippen LogP contribution in [0.4, 0.5) is 0 Å². The number of aryl methyl sites for hydroxylation is 1. The van der Waals surface area contributed by atoms with E-state index in [-0.39, 0.29) is 0 Å². The van der Waals surface area contributed by atoms with Gasteiger partial charge in [0.1, 0.15) is 5.82 Å². The standard InChI is InChI=1S/C19H18N2O2/c1-3-23-19(22)17-13-21(16-11-9-14(2)10-12-16)18(20-17)15-7-5-4-6-8-15/h4-13H,3H2,1-2H3. The fraction of sp³-hybridized carbons (Fsp3) is 0.158. The molecule has 1 heterocycles. The second-order valence-corrected chi connectivity index (χ2v) is 5.24. The number of carbonyl (C=O) groups is 1. The van der Waals surface area contributed by atoms with Gasteiger partial charge >= 0.3 is 5.97 Å². The maximum Gasteiger partial charge on any atom is 0.358 e. The van der Waals surface area contributed by atoms with Gasteiger partial charge in [-0.15, -0.1) is 0 Å². The molecule has 116 valence electrons. The Morgan fingerprint density at radius 3 is 2.43 bits per heavy atom. The predicted molar refractivity (Wildman–Crippen MR) is 89.7 cm³/mol. The van der Waals surface area contributed by atoms with Crippen LogP contribution in [0.5, 0.6) is 0 Å². The van der Waals surface area contributed by atoms with Gasteiger partial charge in [0.05, 0.1) is 6.61 Å². The van der Waals surface area contributed by atoms with Crippen LogP contribution in [0.3, 0.4) is 0 Å². The summed E-state index contributed by atoms with van der Waals surface area (Å²) in [6.45, 7) is 4.16. The zero-order chi connectivity index (χ0) is 16.2. The van der Waals surface area contributed by atoms with Crippen molar-refractivity contribution < 1.29 is 9.53 Å². The van der Waals surface area contributed by atoms with E-state index in [0.29, 0.717) is 12.3 Å². The number of nitrogens with zero attached hydrogens (tertiary/aromatic N) is 2. The van der Waals surface area contributed by atoms with Crippen molar-refractivity contribution >= 4 is 5.97 Å². The fourth-order valence-corrected chi connectivity index (χ4v) is 2.38. The molecule has 0 bridgehead atoms. The topological polar surface area (TPSA) is 44.1 Å². The Morgan fingerprint density at radius 2 is 1.78 bits per heavy atom. The lowest BCUT2D eigenvalue weighted by molar-refractivity contribution is 0.0520. The van der Waals surface area contributed by atoms with E-state index in [0.717, 1.165) is 17.1 Å². The summed E-state index contributed by atoms with van der Waals surface area (Å²) in [7, 11) is 0. The summed E-state index contributed by atoms with van der Waals surface area (Å²) in [5.74, 6) is 0.313. The van der Waals surface area contributed by atoms with E-state index in [9.17, 15) is 4.79 Å². The van der Waals surface area contributed by atoms with Crippen LogP contribution in [-0.4, -0.2) is 22.1 Å². The van der Waals surface area contributed by atoms with Crippen LogP contribution in [0, 0.1) is 6.92 Å². The number of aromatic nitrogens is 2. The van der Waals surface area contributed by atoms with Gasteiger partial charge in [0.2, 0.25) is 0 Å². The van der Waals surface area contributed by atoms with E-state index in [2.05, 4.69) is 4.98 Å². The summed E-state index contributed by atoms with van der Waals surface area (Å²) in [5, 5.41) is 0. The maximum atomic E-state index is 12.0. The van der Waals surface area contributed by atoms with E-state index in [1.807, 2.05) is 66.1 Å². The van der Waals surface area contributed by atoms with Crippen molar-refractivity contribution in [1.82, 2.24) is 9.55 Å². The van der Waals surface area contributed by atoms with Gasteiger partial charge in [-0.2, -0.15) is 0 Å². The molecular formula is C19H18N2O2. The van der Waals surface area contributed by atoms with E-state index < -0.39 is 5.97 Å². The van der Waals surface area contributed by atoms with E-state index in [1.165, 1.54) is 5.56 Å². The van der Waals surface area contributed by atoms with Crippen LogP contribution >= 0.6 is 0 Å². The highest BCUT2D eigenvalue weighted by atomic mass is 16.5. The third-order valence-electron chi connectivity index (χ3n) is 3.53. The SMILES string of the molecule is CCOC(=O)c1cn(-c2ccc(C)cc2)c(-c2ccccc2)n1. The number of hydrogen-bond donors (Lipinski definition) is 0. The Hall–Kier alpha value is -2.88. The van der Waals surface area contributed by atoms with E-state index in [4.69, 9.17) is 4.74 Å². The van der Waals surface area contributed by atoms with Crippen molar-refractivity contribution in [3.63, 3.8) is 0 Å². The smallest absolute Gasteiger partial charge is 0.358 e. The molecule has 4 heteroatoms. The highest BCUT2D eigenvalue weighted by Crippen LogP contribution is 2.23. The highest BCUT2D eigenvalue weighted by Gasteiger charge is 2.17. The third-order valence-corrected chi connectivity index (χ3v) is 3.53. The van der Waals surface area contributed by atoms with Gasteiger partial charge in [0.25, 0.3) is 0 Å². The molecule has 0 aliphatic heterocycles. The lowest BCUT2D eigenvalue weighted by Crippen LogP contribution is -2.04. The molecule has 0 unspecified atom stereocenters. The number of hydrogen-bond acceptors (Lipinski definition) is 3. The Balaban J connectivity index is 2.12. The quantitative estimate of drug-likeness (QED) is 0.684. The third kappa shape index (κ3) is 3.16. The molecule has 3 rings (SSSR count). The molecule has 23 heavy (non-hydrogen) atoms. The van der Waals surface area contributed by atoms with E-state index in [1.54, 1.807) is 13.1 Å². The van der Waals surface area contributed by atoms with Crippen molar-refractivity contribution in [1.29, 1.82) is 0 Å². The molecule has 0 atom stereocenters. The molecule has 0 saturated heterocycles. The summed E-state index contributed by atoms with van der Waals surface area (Å²) in [6.07, 6.45) is 1.73. The van der Waals surface area contributed by atoms with Gasteiger partial charge < -0.3 is 4.74 Å². The zero-order valence-corrected chi connectivity index (χ0v) is 13.2. The minimum absolute atomic E-state index is 0.311. The number of carbonyl (C=O) groups excluding carboxylic acids is 1. The number of benzene rings is 2. The van der Waals surface area contributed by atoms with Crippen LogP contribution in [0.1, 0.15) is 23.0 Å². The lowest BCUT2D eigenvalue weighted by atomic mass is 10.2. The average Bonchev–Trinajstić information content (AvgIpc) is 3.02. The molecule has 0 saturated carbocycles. The molecule has 2 aromatic carbocycles.